The van der Waals surface area contributed by atoms with Gasteiger partial charge in [-0.15, -0.1) is 0 Å². The van der Waals surface area contributed by atoms with Gasteiger partial charge in [0.25, 0.3) is 0 Å². The van der Waals surface area contributed by atoms with Crippen LogP contribution >= 0.6 is 0 Å². The molecule has 0 saturated carbocycles. The highest BCUT2D eigenvalue weighted by atomic mass is 16.5. The molecule has 0 rings (SSSR count). The van der Waals surface area contributed by atoms with Crippen LogP contribution in [-0.2, 0) is 9.53 Å². The highest BCUT2D eigenvalue weighted by Gasteiger charge is 2.09. The highest BCUT2D eigenvalue weighted by Crippen LogP contribution is 1.99. The highest BCUT2D eigenvalue weighted by molar-refractivity contribution is 5.74. The fourth-order valence-corrected chi connectivity index (χ4v) is 1.49. The molecule has 0 aromatic heterocycles. The summed E-state index contributed by atoms with van der Waals surface area (Å²) in [6.07, 6.45) is 2.48. The molecule has 0 fully saturated rings. The van der Waals surface area contributed by atoms with Crippen molar-refractivity contribution in [1.29, 1.82) is 0 Å². The van der Waals surface area contributed by atoms with E-state index in [1.54, 1.807) is 12.0 Å². The van der Waals surface area contributed by atoms with Crippen molar-refractivity contribution in [3.05, 3.63) is 0 Å². The summed E-state index contributed by atoms with van der Waals surface area (Å²) in [5.41, 5.74) is 0. The minimum absolute atomic E-state index is 0.0900. The molecule has 0 heterocycles. The molecule has 0 aromatic carbocycles. The Labute approximate surface area is 108 Å². The van der Waals surface area contributed by atoms with E-state index < -0.39 is 5.97 Å². The smallest absolute Gasteiger partial charge is 0.317 e. The zero-order valence-electron chi connectivity index (χ0n) is 11.3. The van der Waals surface area contributed by atoms with Gasteiger partial charge in [-0.05, 0) is 19.8 Å². The van der Waals surface area contributed by atoms with Crippen LogP contribution in [-0.4, -0.2) is 55.4 Å². The predicted octanol–water partition coefficient (Wildman–Crippen LogP) is 1.31. The topological polar surface area (TPSA) is 78.9 Å². The number of carboxylic acids is 1. The van der Waals surface area contributed by atoms with Gasteiger partial charge in [0.15, 0.2) is 0 Å². The molecular formula is C12H24N2O4. The Kier molecular flexibility index (Phi) is 10.0. The molecule has 0 aliphatic heterocycles. The zero-order valence-corrected chi connectivity index (χ0v) is 11.3. The molecule has 6 heteroatoms. The van der Waals surface area contributed by atoms with Gasteiger partial charge < -0.3 is 20.1 Å². The van der Waals surface area contributed by atoms with Gasteiger partial charge >= 0.3 is 12.0 Å². The molecule has 0 aliphatic carbocycles. The third-order valence-electron chi connectivity index (χ3n) is 2.58. The monoisotopic (exact) mass is 260 g/mol. The van der Waals surface area contributed by atoms with E-state index in [0.29, 0.717) is 32.7 Å². The molecule has 0 radical (unpaired) electrons. The minimum atomic E-state index is -0.768. The fourth-order valence-electron chi connectivity index (χ4n) is 1.49. The summed E-state index contributed by atoms with van der Waals surface area (Å²) in [5.74, 6) is -0.768. The molecule has 0 aliphatic rings. The van der Waals surface area contributed by atoms with Crippen LogP contribution in [0.5, 0.6) is 0 Å². The number of nitrogens with zero attached hydrogens (tertiary/aromatic N) is 1. The number of urea groups is 1. The molecule has 0 unspecified atom stereocenters. The second-order valence-corrected chi connectivity index (χ2v) is 4.01. The average Bonchev–Trinajstić information content (AvgIpc) is 2.34. The molecule has 0 bridgehead atoms. The van der Waals surface area contributed by atoms with Crippen LogP contribution in [0.3, 0.4) is 0 Å². The van der Waals surface area contributed by atoms with Crippen molar-refractivity contribution in [1.82, 2.24) is 10.2 Å². The van der Waals surface area contributed by atoms with E-state index in [0.717, 1.165) is 12.8 Å². The molecular weight excluding hydrogens is 236 g/mol. The van der Waals surface area contributed by atoms with Gasteiger partial charge in [0, 0.05) is 33.2 Å². The lowest BCUT2D eigenvalue weighted by Gasteiger charge is -2.20. The predicted molar refractivity (Wildman–Crippen MR) is 68.6 cm³/mol. The third-order valence-corrected chi connectivity index (χ3v) is 2.58. The van der Waals surface area contributed by atoms with Crippen LogP contribution in [0.25, 0.3) is 0 Å². The van der Waals surface area contributed by atoms with Crippen molar-refractivity contribution in [2.45, 2.75) is 32.6 Å². The number of hydrogen-bond donors (Lipinski definition) is 2. The summed E-state index contributed by atoms with van der Waals surface area (Å²) in [6, 6.07) is -0.0900. The number of amides is 2. The van der Waals surface area contributed by atoms with Gasteiger partial charge in [-0.1, -0.05) is 6.42 Å². The van der Waals surface area contributed by atoms with Crippen LogP contribution in [0, 0.1) is 0 Å². The van der Waals surface area contributed by atoms with Gasteiger partial charge in [0.2, 0.25) is 0 Å². The molecule has 18 heavy (non-hydrogen) atoms. The summed E-state index contributed by atoms with van der Waals surface area (Å²) < 4.78 is 4.93. The Morgan fingerprint density at radius 2 is 2.00 bits per heavy atom. The van der Waals surface area contributed by atoms with Gasteiger partial charge in [-0.2, -0.15) is 0 Å². The summed E-state index contributed by atoms with van der Waals surface area (Å²) >= 11 is 0. The van der Waals surface area contributed by atoms with E-state index in [4.69, 9.17) is 9.84 Å². The zero-order chi connectivity index (χ0) is 13.8. The maximum Gasteiger partial charge on any atom is 0.317 e. The lowest BCUT2D eigenvalue weighted by molar-refractivity contribution is -0.137. The number of hydrogen-bond acceptors (Lipinski definition) is 3. The van der Waals surface area contributed by atoms with Crippen molar-refractivity contribution >= 4 is 12.0 Å². The van der Waals surface area contributed by atoms with Crippen LogP contribution in [0.2, 0.25) is 0 Å². The number of methoxy groups -OCH3 is 1. The van der Waals surface area contributed by atoms with E-state index in [-0.39, 0.29) is 12.5 Å². The van der Waals surface area contributed by atoms with Crippen molar-refractivity contribution in [3.63, 3.8) is 0 Å². The summed E-state index contributed by atoms with van der Waals surface area (Å²) in [5, 5.41) is 11.3. The Balaban J connectivity index is 3.58. The number of ether oxygens (including phenoxy) is 1. The lowest BCUT2D eigenvalue weighted by atomic mass is 10.2. The number of unbranched alkanes of at least 4 members (excludes halogenated alkanes) is 2. The largest absolute Gasteiger partial charge is 0.481 e. The molecule has 6 nitrogen and oxygen atoms in total. The lowest BCUT2D eigenvalue weighted by Crippen LogP contribution is -2.41. The van der Waals surface area contributed by atoms with Gasteiger partial charge in [0.1, 0.15) is 0 Å². The first-order valence-electron chi connectivity index (χ1n) is 6.35. The first kappa shape index (κ1) is 16.7. The molecule has 2 amide bonds. The van der Waals surface area contributed by atoms with Gasteiger partial charge in [-0.3, -0.25) is 4.79 Å². The SMILES string of the molecule is CCN(CCOC)C(=O)NCCCCCC(=O)O. The molecule has 0 aromatic rings. The first-order valence-corrected chi connectivity index (χ1v) is 6.35. The second kappa shape index (κ2) is 10.8. The number of nitrogens with one attached hydrogen (secondary N) is 1. The number of likely N-dealkylation sites (N-methyl/N-ethyl adjacent to an activating group) is 1. The quantitative estimate of drug-likeness (QED) is 0.580. The Morgan fingerprint density at radius 1 is 1.28 bits per heavy atom. The van der Waals surface area contributed by atoms with Gasteiger partial charge in [0.05, 0.1) is 6.61 Å². The van der Waals surface area contributed by atoms with Crippen LogP contribution in [0.15, 0.2) is 0 Å². The van der Waals surface area contributed by atoms with E-state index in [9.17, 15) is 9.59 Å². The van der Waals surface area contributed by atoms with Crippen molar-refractivity contribution < 1.29 is 19.4 Å². The first-order chi connectivity index (χ1) is 8.61. The van der Waals surface area contributed by atoms with Gasteiger partial charge in [-0.25, -0.2) is 4.79 Å². The number of carboxylic acid groups (broad SMARTS) is 1. The fraction of sp³-hybridized carbons (Fsp3) is 0.833. The van der Waals surface area contributed by atoms with E-state index in [2.05, 4.69) is 5.32 Å². The van der Waals surface area contributed by atoms with Crippen molar-refractivity contribution in [2.24, 2.45) is 0 Å². The molecule has 0 atom stereocenters. The summed E-state index contributed by atoms with van der Waals surface area (Å²) in [4.78, 5) is 23.6. The summed E-state index contributed by atoms with van der Waals surface area (Å²) in [6.45, 7) is 4.26. The second-order valence-electron chi connectivity index (χ2n) is 4.01. The van der Waals surface area contributed by atoms with Crippen molar-refractivity contribution in [3.8, 4) is 0 Å². The van der Waals surface area contributed by atoms with Crippen LogP contribution in [0.4, 0.5) is 4.79 Å². The number of carbonyl (C=O) groups excluding carboxylic acids is 1. The number of carbonyl (C=O) groups is 2. The van der Waals surface area contributed by atoms with E-state index >= 15 is 0 Å². The Morgan fingerprint density at radius 3 is 2.56 bits per heavy atom. The maximum absolute atomic E-state index is 11.7. The Bertz CT molecular complexity index is 246. The molecule has 2 N–H and O–H groups in total. The summed E-state index contributed by atoms with van der Waals surface area (Å²) in [7, 11) is 1.61. The van der Waals surface area contributed by atoms with E-state index in [1.807, 2.05) is 6.92 Å². The Hall–Kier alpha value is -1.30. The van der Waals surface area contributed by atoms with E-state index in [1.165, 1.54) is 0 Å². The normalized spacial score (nSPS) is 10.1. The van der Waals surface area contributed by atoms with Crippen molar-refractivity contribution in [2.75, 3.05) is 33.4 Å². The third kappa shape index (κ3) is 8.81. The maximum atomic E-state index is 11.7. The van der Waals surface area contributed by atoms with Crippen LogP contribution < -0.4 is 5.32 Å². The molecule has 0 spiro atoms. The average molecular weight is 260 g/mol. The minimum Gasteiger partial charge on any atom is -0.481 e. The molecule has 0 saturated heterocycles. The standard InChI is InChI=1S/C12H24N2O4/c1-3-14(9-10-18-2)12(17)13-8-6-4-5-7-11(15)16/h3-10H2,1-2H3,(H,13,17)(H,15,16). The molecule has 106 valence electrons. The van der Waals surface area contributed by atoms with Crippen LogP contribution in [0.1, 0.15) is 32.6 Å². The number of aliphatic carboxylic acids is 1. The number of rotatable bonds is 10.